The first-order valence-corrected chi connectivity index (χ1v) is 14.7. The Morgan fingerprint density at radius 2 is 1.41 bits per heavy atom. The Kier molecular flexibility index (Phi) is 11.3. The van der Waals surface area contributed by atoms with Crippen LogP contribution in [0.2, 0.25) is 0 Å². The Hall–Kier alpha value is -4.38. The fourth-order valence-corrected chi connectivity index (χ4v) is 4.93. The number of unbranched alkanes of at least 4 members (excludes halogenated alkanes) is 5. The average Bonchev–Trinajstić information content (AvgIpc) is 2.97. The third-order valence-electron chi connectivity index (χ3n) is 6.23. The van der Waals surface area contributed by atoms with Crippen LogP contribution in [0.25, 0.3) is 0 Å². The Bertz CT molecular complexity index is 1460. The van der Waals surface area contributed by atoms with Crippen LogP contribution in [0, 0.1) is 0 Å². The highest BCUT2D eigenvalue weighted by molar-refractivity contribution is 7.89. The van der Waals surface area contributed by atoms with E-state index < -0.39 is 38.0 Å². The smallest absolute Gasteiger partial charge is 0.335 e. The molecule has 3 aromatic carbocycles. The summed E-state index contributed by atoms with van der Waals surface area (Å²) >= 11 is 0. The van der Waals surface area contributed by atoms with Crippen LogP contribution in [0.1, 0.15) is 77.3 Å². The fraction of sp³-hybridized carbons (Fsp3) is 0.300. The van der Waals surface area contributed by atoms with Crippen molar-refractivity contribution in [1.29, 1.82) is 0 Å². The number of rotatable bonds is 16. The molecule has 0 spiro atoms. The van der Waals surface area contributed by atoms with E-state index in [-0.39, 0.29) is 5.71 Å². The number of methoxy groups -OCH3 is 1. The quantitative estimate of drug-likeness (QED) is 0.113. The number of carboxylic acids is 2. The van der Waals surface area contributed by atoms with Crippen molar-refractivity contribution in [3.63, 3.8) is 0 Å². The van der Waals surface area contributed by atoms with Crippen molar-refractivity contribution in [2.75, 3.05) is 13.7 Å². The number of carbonyl (C=O) groups is 2. The minimum atomic E-state index is -4.45. The molecule has 0 radical (unpaired) electrons. The molecule has 218 valence electrons. The molecule has 0 aliphatic rings. The third kappa shape index (κ3) is 8.81. The Morgan fingerprint density at radius 1 is 0.780 bits per heavy atom. The molecular weight excluding hydrogens is 548 g/mol. The number of nitrogens with zero attached hydrogens (tertiary/aromatic N) is 1. The Balaban J connectivity index is 1.90. The Morgan fingerprint density at radius 3 is 2.02 bits per heavy atom. The van der Waals surface area contributed by atoms with E-state index in [0.29, 0.717) is 29.2 Å². The average molecular weight is 583 g/mol. The van der Waals surface area contributed by atoms with E-state index in [4.69, 9.17) is 9.47 Å². The highest BCUT2D eigenvalue weighted by Gasteiger charge is 2.21. The van der Waals surface area contributed by atoms with Gasteiger partial charge < -0.3 is 19.7 Å². The van der Waals surface area contributed by atoms with E-state index in [9.17, 15) is 28.2 Å². The summed E-state index contributed by atoms with van der Waals surface area (Å²) in [6.45, 7) is 2.72. The summed E-state index contributed by atoms with van der Waals surface area (Å²) in [6, 6.07) is 16.6. The van der Waals surface area contributed by atoms with Crippen LogP contribution in [0.5, 0.6) is 11.5 Å². The standard InChI is InChI=1S/C30H34N2O8S/c1-3-4-5-6-7-11-16-40-26-15-14-22(20-27(26)39-2)28(21-12-9-8-10-13-21)31-32-41(37,38)25-18-23(29(33)34)17-24(19-25)30(35)36/h8-10,12-15,17-20,32H,3-7,11,16H2,1-2H3,(H,33,34)(H,35,36)/b31-28-. The van der Waals surface area contributed by atoms with E-state index in [1.165, 1.54) is 26.4 Å². The number of hydrazone groups is 1. The Labute approximate surface area is 239 Å². The van der Waals surface area contributed by atoms with Gasteiger partial charge >= 0.3 is 11.9 Å². The molecule has 3 aromatic rings. The second-order valence-electron chi connectivity index (χ2n) is 9.26. The van der Waals surface area contributed by atoms with Crippen molar-refractivity contribution in [3.05, 3.63) is 89.0 Å². The molecule has 0 bridgehead atoms. The lowest BCUT2D eigenvalue weighted by molar-refractivity contribution is 0.0696. The SMILES string of the molecule is CCCCCCCCOc1ccc(/C(=N\NS(=O)(=O)c2cc(C(=O)O)cc(C(=O)O)c2)c2ccccc2)cc1OC. The summed E-state index contributed by atoms with van der Waals surface area (Å²) in [6.07, 6.45) is 6.80. The van der Waals surface area contributed by atoms with E-state index >= 15 is 0 Å². The lowest BCUT2D eigenvalue weighted by Crippen LogP contribution is -2.22. The molecule has 0 amide bonds. The van der Waals surface area contributed by atoms with Crippen LogP contribution < -0.4 is 14.3 Å². The predicted octanol–water partition coefficient (Wildman–Crippen LogP) is 5.56. The normalized spacial score (nSPS) is 11.6. The molecule has 3 N–H and O–H groups in total. The first-order valence-electron chi connectivity index (χ1n) is 13.2. The maximum atomic E-state index is 13.1. The molecule has 0 saturated carbocycles. The summed E-state index contributed by atoms with van der Waals surface area (Å²) in [5.41, 5.74) is 0.386. The molecule has 0 fully saturated rings. The maximum Gasteiger partial charge on any atom is 0.335 e. The predicted molar refractivity (Wildman–Crippen MR) is 155 cm³/mol. The minimum absolute atomic E-state index is 0.253. The molecule has 0 unspecified atom stereocenters. The zero-order valence-corrected chi connectivity index (χ0v) is 23.8. The van der Waals surface area contributed by atoms with Crippen molar-refractivity contribution in [2.24, 2.45) is 5.10 Å². The number of carboxylic acid groups (broad SMARTS) is 2. The molecule has 0 aromatic heterocycles. The summed E-state index contributed by atoms with van der Waals surface area (Å²) < 4.78 is 37.7. The lowest BCUT2D eigenvalue weighted by Gasteiger charge is -2.14. The summed E-state index contributed by atoms with van der Waals surface area (Å²) in [5, 5.41) is 22.8. The molecule has 10 nitrogen and oxygen atoms in total. The van der Waals surface area contributed by atoms with Gasteiger partial charge in [-0.15, -0.1) is 0 Å². The third-order valence-corrected chi connectivity index (χ3v) is 7.42. The van der Waals surface area contributed by atoms with Gasteiger partial charge in [-0.25, -0.2) is 9.59 Å². The lowest BCUT2D eigenvalue weighted by atomic mass is 10.0. The highest BCUT2D eigenvalue weighted by Crippen LogP contribution is 2.30. The van der Waals surface area contributed by atoms with Crippen molar-refractivity contribution in [3.8, 4) is 11.5 Å². The molecule has 0 saturated heterocycles. The summed E-state index contributed by atoms with van der Waals surface area (Å²) in [7, 11) is -2.94. The summed E-state index contributed by atoms with van der Waals surface area (Å²) in [4.78, 5) is 24.5. The molecule has 11 heteroatoms. The molecule has 0 heterocycles. The highest BCUT2D eigenvalue weighted by atomic mass is 32.2. The topological polar surface area (TPSA) is 152 Å². The van der Waals surface area contributed by atoms with Gasteiger partial charge in [0, 0.05) is 11.1 Å². The van der Waals surface area contributed by atoms with E-state index in [1.54, 1.807) is 48.5 Å². The number of hydrogen-bond acceptors (Lipinski definition) is 7. The fourth-order valence-electron chi connectivity index (χ4n) is 4.05. The maximum absolute atomic E-state index is 13.1. The van der Waals surface area contributed by atoms with Crippen LogP contribution in [-0.2, 0) is 10.0 Å². The second-order valence-corrected chi connectivity index (χ2v) is 10.9. The number of aromatic carboxylic acids is 2. The molecule has 41 heavy (non-hydrogen) atoms. The number of benzene rings is 3. The van der Waals surface area contributed by atoms with E-state index in [1.807, 2.05) is 0 Å². The molecule has 3 rings (SSSR count). The molecular formula is C30H34N2O8S. The number of ether oxygens (including phenoxy) is 2. The van der Waals surface area contributed by atoms with Gasteiger partial charge in [-0.3, -0.25) is 0 Å². The molecule has 0 aliphatic carbocycles. The van der Waals surface area contributed by atoms with Crippen molar-refractivity contribution in [1.82, 2.24) is 4.83 Å². The van der Waals surface area contributed by atoms with E-state index in [0.717, 1.165) is 37.5 Å². The van der Waals surface area contributed by atoms with Crippen LogP contribution in [0.4, 0.5) is 0 Å². The number of nitrogens with one attached hydrogen (secondary N) is 1. The van der Waals surface area contributed by atoms with Gasteiger partial charge in [0.15, 0.2) is 11.5 Å². The second kappa shape index (κ2) is 14.8. The molecule has 0 aliphatic heterocycles. The van der Waals surface area contributed by atoms with Gasteiger partial charge in [0.25, 0.3) is 10.0 Å². The first kappa shape index (κ1) is 31.2. The van der Waals surface area contributed by atoms with Gasteiger partial charge in [-0.1, -0.05) is 69.4 Å². The van der Waals surface area contributed by atoms with Crippen molar-refractivity contribution >= 4 is 27.7 Å². The van der Waals surface area contributed by atoms with Gasteiger partial charge in [0.05, 0.1) is 35.5 Å². The largest absolute Gasteiger partial charge is 0.493 e. The first-order chi connectivity index (χ1) is 19.7. The zero-order chi connectivity index (χ0) is 29.8. The van der Waals surface area contributed by atoms with Crippen LogP contribution in [-0.4, -0.2) is 50.0 Å². The number of sulfonamides is 1. The van der Waals surface area contributed by atoms with Gasteiger partial charge in [-0.2, -0.15) is 18.4 Å². The van der Waals surface area contributed by atoms with Gasteiger partial charge in [0.2, 0.25) is 0 Å². The van der Waals surface area contributed by atoms with Crippen LogP contribution in [0.3, 0.4) is 0 Å². The van der Waals surface area contributed by atoms with Gasteiger partial charge in [-0.05, 0) is 42.8 Å². The zero-order valence-electron chi connectivity index (χ0n) is 23.0. The molecule has 0 atom stereocenters. The van der Waals surface area contributed by atoms with E-state index in [2.05, 4.69) is 16.9 Å². The summed E-state index contributed by atoms with van der Waals surface area (Å²) in [5.74, 6) is -1.95. The van der Waals surface area contributed by atoms with Crippen molar-refractivity contribution in [2.45, 2.75) is 50.3 Å². The monoisotopic (exact) mass is 582 g/mol. The van der Waals surface area contributed by atoms with Crippen LogP contribution >= 0.6 is 0 Å². The van der Waals surface area contributed by atoms with Crippen LogP contribution in [0.15, 0.2) is 76.7 Å². The van der Waals surface area contributed by atoms with Gasteiger partial charge in [0.1, 0.15) is 0 Å². The minimum Gasteiger partial charge on any atom is -0.493 e. The number of hydrogen-bond donors (Lipinski definition) is 3. The van der Waals surface area contributed by atoms with Crippen molar-refractivity contribution < 1.29 is 37.7 Å².